The molecule has 1 fully saturated rings. The molecule has 1 saturated heterocycles. The monoisotopic (exact) mass is 426 g/mol. The maximum Gasteiger partial charge on any atom is 0.416 e. The molecular formula is C21H22F4N2O3. The molecule has 0 aromatic heterocycles. The summed E-state index contributed by atoms with van der Waals surface area (Å²) in [7, 11) is 0. The van der Waals surface area contributed by atoms with Gasteiger partial charge in [0.25, 0.3) is 5.91 Å². The van der Waals surface area contributed by atoms with Gasteiger partial charge in [0.05, 0.1) is 24.8 Å². The number of nitrogens with zero attached hydrogens (tertiary/aromatic N) is 1. The van der Waals surface area contributed by atoms with Gasteiger partial charge in [0.15, 0.2) is 6.61 Å². The molecule has 0 unspecified atom stereocenters. The summed E-state index contributed by atoms with van der Waals surface area (Å²) in [5, 5.41) is 2.75. The largest absolute Gasteiger partial charge is 0.484 e. The molecule has 9 heteroatoms. The highest BCUT2D eigenvalue weighted by atomic mass is 19.4. The van der Waals surface area contributed by atoms with Crippen LogP contribution in [0.5, 0.6) is 5.75 Å². The van der Waals surface area contributed by atoms with Crippen molar-refractivity contribution in [2.45, 2.75) is 12.2 Å². The molecule has 0 aliphatic carbocycles. The first kappa shape index (κ1) is 22.0. The third-order valence-corrected chi connectivity index (χ3v) is 4.77. The molecule has 5 nitrogen and oxygen atoms in total. The summed E-state index contributed by atoms with van der Waals surface area (Å²) in [6, 6.07) is 10.2. The number of ether oxygens (including phenoxy) is 2. The maximum atomic E-state index is 13.3. The van der Waals surface area contributed by atoms with Gasteiger partial charge in [-0.1, -0.05) is 18.2 Å². The number of morpholine rings is 1. The zero-order chi connectivity index (χ0) is 21.6. The first-order chi connectivity index (χ1) is 14.3. The zero-order valence-corrected chi connectivity index (χ0v) is 16.1. The molecule has 1 amide bonds. The Morgan fingerprint density at radius 3 is 2.50 bits per heavy atom. The van der Waals surface area contributed by atoms with Crippen LogP contribution in [-0.4, -0.2) is 50.3 Å². The van der Waals surface area contributed by atoms with Crippen LogP contribution in [-0.2, 0) is 15.7 Å². The second kappa shape index (κ2) is 9.90. The lowest BCUT2D eigenvalue weighted by molar-refractivity contribution is -0.137. The second-order valence-electron chi connectivity index (χ2n) is 6.83. The number of carbonyl (C=O) groups excluding carboxylic acids is 1. The number of nitrogens with one attached hydrogen (secondary N) is 1. The molecular weight excluding hydrogens is 404 g/mol. The van der Waals surface area contributed by atoms with Gasteiger partial charge in [-0.05, 0) is 35.9 Å². The molecule has 0 bridgehead atoms. The third-order valence-electron chi connectivity index (χ3n) is 4.77. The van der Waals surface area contributed by atoms with Crippen LogP contribution in [0.1, 0.15) is 17.2 Å². The highest BCUT2D eigenvalue weighted by molar-refractivity contribution is 5.77. The summed E-state index contributed by atoms with van der Waals surface area (Å²) < 4.78 is 62.2. The Bertz CT molecular complexity index is 837. The normalized spacial score (nSPS) is 16.1. The summed E-state index contributed by atoms with van der Waals surface area (Å²) in [5.74, 6) is -0.853. The fraction of sp³-hybridized carbons (Fsp3) is 0.381. The van der Waals surface area contributed by atoms with Crippen LogP contribution in [0.25, 0.3) is 0 Å². The van der Waals surface area contributed by atoms with Gasteiger partial charge >= 0.3 is 6.18 Å². The van der Waals surface area contributed by atoms with E-state index in [2.05, 4.69) is 10.2 Å². The Morgan fingerprint density at radius 2 is 1.83 bits per heavy atom. The van der Waals surface area contributed by atoms with Crippen molar-refractivity contribution in [3.63, 3.8) is 0 Å². The molecule has 1 aliphatic rings. The minimum absolute atomic E-state index is 0.0387. The van der Waals surface area contributed by atoms with Crippen molar-refractivity contribution < 1.29 is 31.8 Å². The summed E-state index contributed by atoms with van der Waals surface area (Å²) in [5.41, 5.74) is 0.00139. The average molecular weight is 426 g/mol. The summed E-state index contributed by atoms with van der Waals surface area (Å²) in [6.45, 7) is 2.28. The van der Waals surface area contributed by atoms with Crippen LogP contribution in [0.2, 0.25) is 0 Å². The molecule has 1 heterocycles. The van der Waals surface area contributed by atoms with Gasteiger partial charge in [0.2, 0.25) is 0 Å². The van der Waals surface area contributed by atoms with Gasteiger partial charge in [-0.3, -0.25) is 9.69 Å². The number of hydrogen-bond donors (Lipinski definition) is 1. The summed E-state index contributed by atoms with van der Waals surface area (Å²) >= 11 is 0. The quantitative estimate of drug-likeness (QED) is 0.690. The average Bonchev–Trinajstić information content (AvgIpc) is 2.74. The Labute approximate surface area is 171 Å². The van der Waals surface area contributed by atoms with E-state index in [1.165, 1.54) is 24.3 Å². The number of halogens is 4. The molecule has 0 radical (unpaired) electrons. The number of hydrogen-bond acceptors (Lipinski definition) is 4. The van der Waals surface area contributed by atoms with E-state index >= 15 is 0 Å². The zero-order valence-electron chi connectivity index (χ0n) is 16.1. The van der Waals surface area contributed by atoms with Gasteiger partial charge in [-0.2, -0.15) is 13.2 Å². The van der Waals surface area contributed by atoms with Gasteiger partial charge in [-0.25, -0.2) is 4.39 Å². The first-order valence-electron chi connectivity index (χ1n) is 9.47. The lowest BCUT2D eigenvalue weighted by atomic mass is 10.0. The predicted molar refractivity (Wildman–Crippen MR) is 101 cm³/mol. The predicted octanol–water partition coefficient (Wildman–Crippen LogP) is 3.41. The number of alkyl halides is 3. The number of benzene rings is 2. The molecule has 1 N–H and O–H groups in total. The van der Waals surface area contributed by atoms with Crippen LogP contribution in [0, 0.1) is 5.82 Å². The van der Waals surface area contributed by atoms with Crippen molar-refractivity contribution in [3.05, 3.63) is 65.5 Å². The Hall–Kier alpha value is -2.65. The van der Waals surface area contributed by atoms with E-state index in [1.54, 1.807) is 12.1 Å². The van der Waals surface area contributed by atoms with Gasteiger partial charge < -0.3 is 14.8 Å². The minimum Gasteiger partial charge on any atom is -0.484 e. The van der Waals surface area contributed by atoms with E-state index < -0.39 is 24.3 Å². The van der Waals surface area contributed by atoms with Crippen LogP contribution < -0.4 is 10.1 Å². The molecule has 3 rings (SSSR count). The highest BCUT2D eigenvalue weighted by Gasteiger charge is 2.30. The summed E-state index contributed by atoms with van der Waals surface area (Å²) in [4.78, 5) is 14.3. The second-order valence-corrected chi connectivity index (χ2v) is 6.83. The van der Waals surface area contributed by atoms with Crippen molar-refractivity contribution >= 4 is 5.91 Å². The van der Waals surface area contributed by atoms with E-state index in [1.807, 2.05) is 0 Å². The molecule has 0 spiro atoms. The first-order valence-corrected chi connectivity index (χ1v) is 9.47. The molecule has 2 aromatic rings. The van der Waals surface area contributed by atoms with E-state index in [4.69, 9.17) is 9.47 Å². The molecule has 30 heavy (non-hydrogen) atoms. The molecule has 0 saturated carbocycles. The van der Waals surface area contributed by atoms with Gasteiger partial charge in [-0.15, -0.1) is 0 Å². The van der Waals surface area contributed by atoms with Crippen molar-refractivity contribution in [2.24, 2.45) is 0 Å². The van der Waals surface area contributed by atoms with E-state index in [9.17, 15) is 22.4 Å². The van der Waals surface area contributed by atoms with Gasteiger partial charge in [0.1, 0.15) is 11.6 Å². The van der Waals surface area contributed by atoms with E-state index in [0.29, 0.717) is 26.3 Å². The van der Waals surface area contributed by atoms with Crippen LogP contribution in [0.3, 0.4) is 0 Å². The number of amides is 1. The molecule has 2 aromatic carbocycles. The topological polar surface area (TPSA) is 50.8 Å². The smallest absolute Gasteiger partial charge is 0.416 e. The Morgan fingerprint density at radius 1 is 1.13 bits per heavy atom. The van der Waals surface area contributed by atoms with E-state index in [0.717, 1.165) is 17.7 Å². The highest BCUT2D eigenvalue weighted by Crippen LogP contribution is 2.31. The number of carbonyl (C=O) groups is 1. The minimum atomic E-state index is -4.48. The third kappa shape index (κ3) is 6.17. The van der Waals surface area contributed by atoms with Crippen molar-refractivity contribution in [2.75, 3.05) is 39.5 Å². The van der Waals surface area contributed by atoms with Crippen molar-refractivity contribution in [3.8, 4) is 5.75 Å². The number of rotatable bonds is 7. The van der Waals surface area contributed by atoms with Crippen molar-refractivity contribution in [1.82, 2.24) is 10.2 Å². The Kier molecular flexibility index (Phi) is 7.28. The maximum absolute atomic E-state index is 13.3. The van der Waals surface area contributed by atoms with Crippen molar-refractivity contribution in [1.29, 1.82) is 0 Å². The van der Waals surface area contributed by atoms with Gasteiger partial charge in [0, 0.05) is 19.6 Å². The fourth-order valence-electron chi connectivity index (χ4n) is 3.20. The fourth-order valence-corrected chi connectivity index (χ4v) is 3.20. The van der Waals surface area contributed by atoms with E-state index in [-0.39, 0.29) is 24.2 Å². The summed E-state index contributed by atoms with van der Waals surface area (Å²) in [6.07, 6.45) is -4.48. The molecule has 162 valence electrons. The lowest BCUT2D eigenvalue weighted by Gasteiger charge is -2.35. The molecule has 1 atom stereocenters. The SMILES string of the molecule is O=C(COc1cccc(C(F)(F)F)c1)NC[C@@H](c1ccc(F)cc1)N1CCOCC1. The molecule has 1 aliphatic heterocycles. The standard InChI is InChI=1S/C21H22F4N2O3/c22-17-6-4-15(5-7-17)19(27-8-10-29-11-9-27)13-26-20(28)14-30-18-3-1-2-16(12-18)21(23,24)25/h1-7,12,19H,8-11,13-14H2,(H,26,28)/t19-/m0/s1. The van der Waals surface area contributed by atoms with Crippen LogP contribution in [0.15, 0.2) is 48.5 Å². The van der Waals surface area contributed by atoms with Crippen LogP contribution >= 0.6 is 0 Å². The Balaban J connectivity index is 1.58. The van der Waals surface area contributed by atoms with Crippen LogP contribution in [0.4, 0.5) is 17.6 Å². The lowest BCUT2D eigenvalue weighted by Crippen LogP contribution is -2.44.